The molecule has 116 valence electrons. The Labute approximate surface area is 133 Å². The Morgan fingerprint density at radius 2 is 2.04 bits per heavy atom. The minimum atomic E-state index is -0.336. The van der Waals surface area contributed by atoms with Crippen LogP contribution in [0, 0.1) is 0 Å². The second kappa shape index (κ2) is 6.69. The number of esters is 1. The SMILES string of the molecule is CCOC(=O)c1ccc(Nc2nccc(-n3ccnc3)n2)cc1. The number of rotatable bonds is 5. The molecule has 0 amide bonds. The molecule has 0 aliphatic carbocycles. The first-order chi connectivity index (χ1) is 11.3. The molecule has 0 spiro atoms. The molecule has 0 saturated heterocycles. The Hall–Kier alpha value is -3.22. The molecule has 7 heteroatoms. The number of anilines is 2. The summed E-state index contributed by atoms with van der Waals surface area (Å²) in [5.74, 6) is 0.834. The average molecular weight is 309 g/mol. The van der Waals surface area contributed by atoms with Crippen molar-refractivity contribution in [2.24, 2.45) is 0 Å². The van der Waals surface area contributed by atoms with E-state index >= 15 is 0 Å². The van der Waals surface area contributed by atoms with E-state index in [-0.39, 0.29) is 5.97 Å². The molecule has 7 nitrogen and oxygen atoms in total. The lowest BCUT2D eigenvalue weighted by atomic mass is 10.2. The maximum Gasteiger partial charge on any atom is 0.338 e. The molecule has 0 aliphatic heterocycles. The van der Waals surface area contributed by atoms with Gasteiger partial charge in [0.2, 0.25) is 5.95 Å². The number of carbonyl (C=O) groups is 1. The van der Waals surface area contributed by atoms with E-state index in [4.69, 9.17) is 4.74 Å². The Kier molecular flexibility index (Phi) is 4.28. The highest BCUT2D eigenvalue weighted by Crippen LogP contribution is 2.15. The summed E-state index contributed by atoms with van der Waals surface area (Å²) in [6.45, 7) is 2.13. The highest BCUT2D eigenvalue weighted by atomic mass is 16.5. The van der Waals surface area contributed by atoms with Crippen molar-refractivity contribution < 1.29 is 9.53 Å². The van der Waals surface area contributed by atoms with Crippen molar-refractivity contribution in [2.45, 2.75) is 6.92 Å². The van der Waals surface area contributed by atoms with Gasteiger partial charge in [0, 0.05) is 24.3 Å². The van der Waals surface area contributed by atoms with E-state index < -0.39 is 0 Å². The number of nitrogens with one attached hydrogen (secondary N) is 1. The number of ether oxygens (including phenoxy) is 1. The fraction of sp³-hybridized carbons (Fsp3) is 0.125. The number of aromatic nitrogens is 4. The van der Waals surface area contributed by atoms with Crippen molar-refractivity contribution in [3.8, 4) is 5.82 Å². The Morgan fingerprint density at radius 1 is 1.22 bits per heavy atom. The van der Waals surface area contributed by atoms with E-state index in [1.165, 1.54) is 0 Å². The van der Waals surface area contributed by atoms with Gasteiger partial charge in [-0.2, -0.15) is 4.98 Å². The van der Waals surface area contributed by atoms with Gasteiger partial charge in [-0.05, 0) is 37.3 Å². The van der Waals surface area contributed by atoms with Crippen LogP contribution in [0.15, 0.2) is 55.2 Å². The molecule has 1 N–H and O–H groups in total. The van der Waals surface area contributed by atoms with Crippen LogP contribution < -0.4 is 5.32 Å². The summed E-state index contributed by atoms with van der Waals surface area (Å²) < 4.78 is 6.74. The van der Waals surface area contributed by atoms with Crippen LogP contribution in [-0.4, -0.2) is 32.1 Å². The zero-order valence-corrected chi connectivity index (χ0v) is 12.5. The standard InChI is InChI=1S/C16H15N5O2/c1-2-23-15(22)12-3-5-13(6-4-12)19-16-18-8-7-14(20-16)21-10-9-17-11-21/h3-11H,2H2,1H3,(H,18,19,20). The van der Waals surface area contributed by atoms with E-state index in [1.54, 1.807) is 66.7 Å². The van der Waals surface area contributed by atoms with Gasteiger partial charge in [0.05, 0.1) is 12.2 Å². The summed E-state index contributed by atoms with van der Waals surface area (Å²) >= 11 is 0. The van der Waals surface area contributed by atoms with Gasteiger partial charge < -0.3 is 10.1 Å². The molecule has 3 rings (SSSR count). The van der Waals surface area contributed by atoms with Crippen LogP contribution in [0.1, 0.15) is 17.3 Å². The molecule has 0 unspecified atom stereocenters. The van der Waals surface area contributed by atoms with Crippen molar-refractivity contribution in [1.29, 1.82) is 0 Å². The molecule has 0 bridgehead atoms. The van der Waals surface area contributed by atoms with Crippen LogP contribution in [0.5, 0.6) is 0 Å². The van der Waals surface area contributed by atoms with E-state index in [2.05, 4.69) is 20.3 Å². The lowest BCUT2D eigenvalue weighted by molar-refractivity contribution is 0.0526. The van der Waals surface area contributed by atoms with Gasteiger partial charge in [0.15, 0.2) is 0 Å². The van der Waals surface area contributed by atoms with Gasteiger partial charge in [-0.3, -0.25) is 4.57 Å². The lowest BCUT2D eigenvalue weighted by Gasteiger charge is -2.07. The van der Waals surface area contributed by atoms with Crippen LogP contribution in [0.2, 0.25) is 0 Å². The smallest absolute Gasteiger partial charge is 0.338 e. The maximum absolute atomic E-state index is 11.6. The average Bonchev–Trinajstić information content (AvgIpc) is 3.11. The van der Waals surface area contributed by atoms with Gasteiger partial charge in [0.1, 0.15) is 12.1 Å². The van der Waals surface area contributed by atoms with Gasteiger partial charge in [-0.1, -0.05) is 0 Å². The predicted molar refractivity (Wildman–Crippen MR) is 84.8 cm³/mol. The Morgan fingerprint density at radius 3 is 2.74 bits per heavy atom. The third-order valence-corrected chi connectivity index (χ3v) is 3.06. The van der Waals surface area contributed by atoms with Crippen LogP contribution in [0.25, 0.3) is 5.82 Å². The van der Waals surface area contributed by atoms with Crippen LogP contribution in [0.4, 0.5) is 11.6 Å². The molecular weight excluding hydrogens is 294 g/mol. The van der Waals surface area contributed by atoms with Crippen molar-refractivity contribution in [3.05, 3.63) is 60.8 Å². The third-order valence-electron chi connectivity index (χ3n) is 3.06. The first-order valence-electron chi connectivity index (χ1n) is 7.12. The van der Waals surface area contributed by atoms with Crippen LogP contribution >= 0.6 is 0 Å². The monoisotopic (exact) mass is 309 g/mol. The normalized spacial score (nSPS) is 10.3. The van der Waals surface area contributed by atoms with Crippen LogP contribution in [-0.2, 0) is 4.74 Å². The zero-order chi connectivity index (χ0) is 16.1. The quantitative estimate of drug-likeness (QED) is 0.729. The minimum absolute atomic E-state index is 0.336. The number of carbonyl (C=O) groups excluding carboxylic acids is 1. The summed E-state index contributed by atoms with van der Waals surface area (Å²) in [6.07, 6.45) is 6.82. The summed E-state index contributed by atoms with van der Waals surface area (Å²) in [7, 11) is 0. The molecular formula is C16H15N5O2. The molecule has 0 atom stereocenters. The number of hydrogen-bond acceptors (Lipinski definition) is 6. The highest BCUT2D eigenvalue weighted by Gasteiger charge is 2.06. The van der Waals surface area contributed by atoms with Gasteiger partial charge >= 0.3 is 5.97 Å². The van der Waals surface area contributed by atoms with E-state index in [1.807, 2.05) is 0 Å². The molecule has 1 aromatic carbocycles. The van der Waals surface area contributed by atoms with Gasteiger partial charge in [0.25, 0.3) is 0 Å². The summed E-state index contributed by atoms with van der Waals surface area (Å²) in [5.41, 5.74) is 1.28. The number of nitrogens with zero attached hydrogens (tertiary/aromatic N) is 4. The topological polar surface area (TPSA) is 81.9 Å². The Bertz CT molecular complexity index is 784. The lowest BCUT2D eigenvalue weighted by Crippen LogP contribution is -2.05. The highest BCUT2D eigenvalue weighted by molar-refractivity contribution is 5.89. The predicted octanol–water partition coefficient (Wildman–Crippen LogP) is 2.58. The number of imidazole rings is 1. The minimum Gasteiger partial charge on any atom is -0.462 e. The molecule has 0 saturated carbocycles. The summed E-state index contributed by atoms with van der Waals surface area (Å²) in [4.78, 5) is 24.2. The van der Waals surface area contributed by atoms with Crippen molar-refractivity contribution in [1.82, 2.24) is 19.5 Å². The number of benzene rings is 1. The first kappa shape index (κ1) is 14.7. The second-order valence-corrected chi connectivity index (χ2v) is 4.63. The van der Waals surface area contributed by atoms with Gasteiger partial charge in [-0.25, -0.2) is 14.8 Å². The Balaban J connectivity index is 1.75. The van der Waals surface area contributed by atoms with E-state index in [0.29, 0.717) is 23.9 Å². The van der Waals surface area contributed by atoms with Gasteiger partial charge in [-0.15, -0.1) is 0 Å². The first-order valence-corrected chi connectivity index (χ1v) is 7.12. The second-order valence-electron chi connectivity index (χ2n) is 4.63. The van der Waals surface area contributed by atoms with E-state index in [9.17, 15) is 4.79 Å². The molecule has 23 heavy (non-hydrogen) atoms. The molecule has 0 aliphatic rings. The summed E-state index contributed by atoms with van der Waals surface area (Å²) in [5, 5.41) is 3.10. The van der Waals surface area contributed by atoms with Crippen molar-refractivity contribution in [2.75, 3.05) is 11.9 Å². The third kappa shape index (κ3) is 3.52. The molecule has 2 aromatic heterocycles. The maximum atomic E-state index is 11.6. The molecule has 2 heterocycles. The molecule has 0 radical (unpaired) electrons. The van der Waals surface area contributed by atoms with E-state index in [0.717, 1.165) is 5.69 Å². The molecule has 3 aromatic rings. The molecule has 0 fully saturated rings. The van der Waals surface area contributed by atoms with Crippen molar-refractivity contribution >= 4 is 17.6 Å². The number of hydrogen-bond donors (Lipinski definition) is 1. The van der Waals surface area contributed by atoms with Crippen molar-refractivity contribution in [3.63, 3.8) is 0 Å². The zero-order valence-electron chi connectivity index (χ0n) is 12.5. The largest absolute Gasteiger partial charge is 0.462 e. The fourth-order valence-electron chi connectivity index (χ4n) is 1.98. The van der Waals surface area contributed by atoms with Crippen LogP contribution in [0.3, 0.4) is 0 Å². The fourth-order valence-corrected chi connectivity index (χ4v) is 1.98. The summed E-state index contributed by atoms with van der Waals surface area (Å²) in [6, 6.07) is 8.73.